The second-order valence-electron chi connectivity index (χ2n) is 2.68. The van der Waals surface area contributed by atoms with E-state index in [-0.39, 0.29) is 12.2 Å². The zero-order chi connectivity index (χ0) is 11.0. The van der Waals surface area contributed by atoms with Gasteiger partial charge in [0.2, 0.25) is 0 Å². The van der Waals surface area contributed by atoms with E-state index in [0.717, 1.165) is 0 Å². The van der Waals surface area contributed by atoms with Gasteiger partial charge in [0, 0.05) is 0 Å². The summed E-state index contributed by atoms with van der Waals surface area (Å²) in [6.07, 6.45) is 1.09. The Bertz CT molecular complexity index is 327. The molecule has 0 saturated carbocycles. The summed E-state index contributed by atoms with van der Waals surface area (Å²) >= 11 is 0. The average molecular weight is 218 g/mol. The Morgan fingerprint density at radius 2 is 2.14 bits per heavy atom. The van der Waals surface area contributed by atoms with Crippen molar-refractivity contribution >= 4 is 15.8 Å². The van der Waals surface area contributed by atoms with Gasteiger partial charge in [0.1, 0.15) is 0 Å². The molecule has 0 radical (unpaired) electrons. The van der Waals surface area contributed by atoms with E-state index in [1.54, 1.807) is 13.8 Å². The van der Waals surface area contributed by atoms with Gasteiger partial charge < -0.3 is 0 Å². The topological polar surface area (TPSA) is 79.5 Å². The Morgan fingerprint density at radius 3 is 2.57 bits per heavy atom. The molecule has 0 aliphatic carbocycles. The van der Waals surface area contributed by atoms with Crippen molar-refractivity contribution in [3.63, 3.8) is 0 Å². The fraction of sp³-hybridized carbons (Fsp3) is 0.750. The first-order valence-corrected chi connectivity index (χ1v) is 5.97. The van der Waals surface area contributed by atoms with Crippen LogP contribution in [0.3, 0.4) is 0 Å². The summed E-state index contributed by atoms with van der Waals surface area (Å²) in [6, 6.07) is 1.88. The number of hydrogen-bond acceptors (Lipinski definition) is 5. The molecule has 0 N–H and O–H groups in total. The fourth-order valence-electron chi connectivity index (χ4n) is 0.710. The molecule has 0 saturated heterocycles. The number of nitriles is 1. The van der Waals surface area contributed by atoms with Gasteiger partial charge in [-0.1, -0.05) is 19.0 Å². The van der Waals surface area contributed by atoms with E-state index >= 15 is 0 Å². The summed E-state index contributed by atoms with van der Waals surface area (Å²) in [5, 5.41) is 11.8. The lowest BCUT2D eigenvalue weighted by Crippen LogP contribution is -2.08. The molecule has 0 atom stereocenters. The van der Waals surface area contributed by atoms with Crippen LogP contribution < -0.4 is 0 Å². The normalized spacial score (nSPS) is 12.2. The van der Waals surface area contributed by atoms with Gasteiger partial charge in [-0.05, 0) is 12.8 Å². The quantitative estimate of drug-likeness (QED) is 0.499. The molecular formula is C8H14N2O3S. The third-order valence-electron chi connectivity index (χ3n) is 1.43. The van der Waals surface area contributed by atoms with Crippen molar-refractivity contribution in [2.45, 2.75) is 33.1 Å². The Morgan fingerprint density at radius 1 is 1.50 bits per heavy atom. The van der Waals surface area contributed by atoms with Gasteiger partial charge in [0.05, 0.1) is 24.0 Å². The molecular weight excluding hydrogens is 204 g/mol. The molecule has 0 heterocycles. The van der Waals surface area contributed by atoms with E-state index in [1.807, 2.05) is 6.07 Å². The highest BCUT2D eigenvalue weighted by atomic mass is 32.2. The van der Waals surface area contributed by atoms with Crippen molar-refractivity contribution in [2.24, 2.45) is 5.16 Å². The van der Waals surface area contributed by atoms with Crippen molar-refractivity contribution in [2.75, 3.05) is 5.75 Å². The van der Waals surface area contributed by atoms with Crippen LogP contribution in [0.1, 0.15) is 33.1 Å². The standard InChI is InChI=1S/C8H14N2O3S/c1-3-7-14(11,12)13-10-8(4-2)5-6-9/h3-5,7H2,1-2H3/b10-8+. The third kappa shape index (κ3) is 5.54. The van der Waals surface area contributed by atoms with Crippen molar-refractivity contribution in [1.82, 2.24) is 0 Å². The Hall–Kier alpha value is -1.09. The van der Waals surface area contributed by atoms with Crippen LogP contribution in [0.4, 0.5) is 0 Å². The predicted molar refractivity (Wildman–Crippen MR) is 53.1 cm³/mol. The van der Waals surface area contributed by atoms with Crippen LogP contribution in [-0.2, 0) is 14.4 Å². The first kappa shape index (κ1) is 12.9. The molecule has 80 valence electrons. The molecule has 6 heteroatoms. The minimum atomic E-state index is -3.55. The molecule has 0 aromatic carbocycles. The van der Waals surface area contributed by atoms with Crippen LogP contribution in [0.2, 0.25) is 0 Å². The van der Waals surface area contributed by atoms with E-state index in [9.17, 15) is 8.42 Å². The zero-order valence-corrected chi connectivity index (χ0v) is 9.17. The SMILES string of the molecule is CCCS(=O)(=O)O/N=C(\CC)CC#N. The molecule has 0 fully saturated rings. The zero-order valence-electron chi connectivity index (χ0n) is 8.36. The summed E-state index contributed by atoms with van der Waals surface area (Å²) in [5.74, 6) is -0.0555. The first-order chi connectivity index (χ1) is 6.55. The maximum Gasteiger partial charge on any atom is 0.328 e. The monoisotopic (exact) mass is 218 g/mol. The van der Waals surface area contributed by atoms with Crippen LogP contribution in [0.25, 0.3) is 0 Å². The highest BCUT2D eigenvalue weighted by Gasteiger charge is 2.09. The van der Waals surface area contributed by atoms with E-state index in [4.69, 9.17) is 5.26 Å². The Kier molecular flexibility index (Phi) is 5.88. The summed E-state index contributed by atoms with van der Waals surface area (Å²) in [7, 11) is -3.55. The summed E-state index contributed by atoms with van der Waals surface area (Å²) < 4.78 is 26.5. The second kappa shape index (κ2) is 6.38. The Labute approximate surface area is 84.5 Å². The highest BCUT2D eigenvalue weighted by molar-refractivity contribution is 7.86. The molecule has 0 aliphatic rings. The van der Waals surface area contributed by atoms with Gasteiger partial charge in [0.15, 0.2) is 0 Å². The number of rotatable bonds is 6. The number of hydrogen-bond donors (Lipinski definition) is 0. The summed E-state index contributed by atoms with van der Waals surface area (Å²) in [6.45, 7) is 3.52. The van der Waals surface area contributed by atoms with Crippen LogP contribution >= 0.6 is 0 Å². The van der Waals surface area contributed by atoms with Crippen molar-refractivity contribution in [1.29, 1.82) is 5.26 Å². The smallest absolute Gasteiger partial charge is 0.269 e. The summed E-state index contributed by atoms with van der Waals surface area (Å²) in [4.78, 5) is 0. The molecule has 0 spiro atoms. The minimum absolute atomic E-state index is 0.0555. The lowest BCUT2D eigenvalue weighted by molar-refractivity contribution is 0.337. The molecule has 5 nitrogen and oxygen atoms in total. The van der Waals surface area contributed by atoms with Crippen LogP contribution in [0, 0.1) is 11.3 Å². The fourth-order valence-corrected chi connectivity index (χ4v) is 1.50. The van der Waals surface area contributed by atoms with Crippen LogP contribution in [0.5, 0.6) is 0 Å². The van der Waals surface area contributed by atoms with E-state index in [2.05, 4.69) is 9.44 Å². The molecule has 0 amide bonds. The van der Waals surface area contributed by atoms with Crippen molar-refractivity contribution in [3.8, 4) is 6.07 Å². The van der Waals surface area contributed by atoms with Gasteiger partial charge in [-0.15, -0.1) is 0 Å². The maximum atomic E-state index is 11.0. The van der Waals surface area contributed by atoms with E-state index in [0.29, 0.717) is 18.6 Å². The average Bonchev–Trinajstić information content (AvgIpc) is 2.12. The molecule has 0 aromatic heterocycles. The molecule has 0 bridgehead atoms. The lowest BCUT2D eigenvalue weighted by atomic mass is 10.2. The van der Waals surface area contributed by atoms with Crippen molar-refractivity contribution < 1.29 is 12.7 Å². The Balaban J connectivity index is 4.32. The molecule has 0 rings (SSSR count). The molecule has 0 unspecified atom stereocenters. The van der Waals surface area contributed by atoms with E-state index in [1.165, 1.54) is 0 Å². The summed E-state index contributed by atoms with van der Waals surface area (Å²) in [5.41, 5.74) is 0.437. The highest BCUT2D eigenvalue weighted by Crippen LogP contribution is 2.00. The molecule has 0 aromatic rings. The van der Waals surface area contributed by atoms with Gasteiger partial charge in [-0.3, -0.25) is 4.28 Å². The minimum Gasteiger partial charge on any atom is -0.269 e. The number of nitrogens with zero attached hydrogens (tertiary/aromatic N) is 2. The first-order valence-electron chi connectivity index (χ1n) is 4.39. The molecule has 14 heavy (non-hydrogen) atoms. The maximum absolute atomic E-state index is 11.0. The predicted octanol–water partition coefficient (Wildman–Crippen LogP) is 1.42. The van der Waals surface area contributed by atoms with Gasteiger partial charge in [0.25, 0.3) is 0 Å². The second-order valence-corrected chi connectivity index (χ2v) is 4.35. The van der Waals surface area contributed by atoms with Crippen LogP contribution in [0.15, 0.2) is 5.16 Å². The van der Waals surface area contributed by atoms with Crippen LogP contribution in [-0.4, -0.2) is 19.9 Å². The number of oxime groups is 1. The van der Waals surface area contributed by atoms with Gasteiger partial charge >= 0.3 is 10.1 Å². The van der Waals surface area contributed by atoms with Crippen molar-refractivity contribution in [3.05, 3.63) is 0 Å². The van der Waals surface area contributed by atoms with E-state index < -0.39 is 10.1 Å². The third-order valence-corrected chi connectivity index (χ3v) is 2.64. The lowest BCUT2D eigenvalue weighted by Gasteiger charge is -2.00. The van der Waals surface area contributed by atoms with Gasteiger partial charge in [-0.2, -0.15) is 13.7 Å². The largest absolute Gasteiger partial charge is 0.328 e. The molecule has 0 aliphatic heterocycles. The van der Waals surface area contributed by atoms with Gasteiger partial charge in [-0.25, -0.2) is 0 Å².